The number of sulfonamides is 1. The van der Waals surface area contributed by atoms with Crippen LogP contribution in [0.3, 0.4) is 0 Å². The van der Waals surface area contributed by atoms with Gasteiger partial charge < -0.3 is 14.2 Å². The highest BCUT2D eigenvalue weighted by molar-refractivity contribution is 7.93. The van der Waals surface area contributed by atoms with E-state index in [1.807, 2.05) is 0 Å². The quantitative estimate of drug-likeness (QED) is 0.783. The molecular weight excluding hydrogens is 336 g/mol. The topological polar surface area (TPSA) is 95.9 Å². The maximum Gasteiger partial charge on any atom is 0.335 e. The Kier molecular flexibility index (Phi) is 4.66. The fourth-order valence-electron chi connectivity index (χ4n) is 2.92. The summed E-state index contributed by atoms with van der Waals surface area (Å²) < 4.78 is 42.9. The van der Waals surface area contributed by atoms with Crippen LogP contribution < -0.4 is 4.83 Å². The molecule has 0 radical (unpaired) electrons. The van der Waals surface area contributed by atoms with Gasteiger partial charge in [0.15, 0.2) is 5.79 Å². The van der Waals surface area contributed by atoms with Gasteiger partial charge in [-0.25, -0.2) is 18.0 Å². The summed E-state index contributed by atoms with van der Waals surface area (Å²) in [5, 5.41) is -1.03. The molecular formula is C15H20N2O6S. The Morgan fingerprint density at radius 1 is 1.38 bits per heavy atom. The normalized spacial score (nSPS) is 23.0. The van der Waals surface area contributed by atoms with Gasteiger partial charge >= 0.3 is 5.97 Å². The van der Waals surface area contributed by atoms with Crippen molar-refractivity contribution in [2.24, 2.45) is 0 Å². The largest absolute Gasteiger partial charge is 0.463 e. The first kappa shape index (κ1) is 17.0. The van der Waals surface area contributed by atoms with Crippen molar-refractivity contribution in [2.75, 3.05) is 24.7 Å². The Hall–Kier alpha value is -1.84. The van der Waals surface area contributed by atoms with Crippen molar-refractivity contribution in [1.82, 2.24) is 4.68 Å². The summed E-state index contributed by atoms with van der Waals surface area (Å²) in [5.74, 6) is -1.69. The molecule has 24 heavy (non-hydrogen) atoms. The molecule has 1 aromatic rings. The molecule has 1 aliphatic heterocycles. The van der Waals surface area contributed by atoms with Crippen LogP contribution in [-0.4, -0.2) is 49.9 Å². The molecule has 1 N–H and O–H groups in total. The zero-order valence-corrected chi connectivity index (χ0v) is 14.1. The van der Waals surface area contributed by atoms with E-state index in [-0.39, 0.29) is 18.6 Å². The van der Waals surface area contributed by atoms with Crippen LogP contribution in [0.4, 0.5) is 0 Å². The number of esters is 1. The number of rotatable bonds is 5. The highest BCUT2D eigenvalue weighted by Crippen LogP contribution is 2.37. The molecule has 132 valence electrons. The third kappa shape index (κ3) is 3.33. The Morgan fingerprint density at radius 2 is 2.04 bits per heavy atom. The van der Waals surface area contributed by atoms with Gasteiger partial charge in [0.2, 0.25) is 0 Å². The van der Waals surface area contributed by atoms with Crippen molar-refractivity contribution >= 4 is 16.0 Å². The van der Waals surface area contributed by atoms with Gasteiger partial charge in [0, 0.05) is 18.8 Å². The summed E-state index contributed by atoms with van der Waals surface area (Å²) in [7, 11) is -3.83. The first-order chi connectivity index (χ1) is 11.5. The molecule has 1 atom stereocenters. The summed E-state index contributed by atoms with van der Waals surface area (Å²) >= 11 is 0. The van der Waals surface area contributed by atoms with Crippen molar-refractivity contribution in [3.63, 3.8) is 0 Å². The predicted molar refractivity (Wildman–Crippen MR) is 85.1 cm³/mol. The Labute approximate surface area is 140 Å². The van der Waals surface area contributed by atoms with Crippen LogP contribution in [0, 0.1) is 0 Å². The second-order valence-electron chi connectivity index (χ2n) is 5.58. The van der Waals surface area contributed by atoms with E-state index in [4.69, 9.17) is 14.2 Å². The van der Waals surface area contributed by atoms with Gasteiger partial charge in [-0.1, -0.05) is 0 Å². The average molecular weight is 356 g/mol. The van der Waals surface area contributed by atoms with E-state index < -0.39 is 27.0 Å². The lowest BCUT2D eigenvalue weighted by atomic mass is 9.94. The maximum absolute atomic E-state index is 12.7. The fourth-order valence-corrected chi connectivity index (χ4v) is 4.39. The number of hydrogen-bond donors (Lipinski definition) is 1. The lowest BCUT2D eigenvalue weighted by Gasteiger charge is -2.33. The Morgan fingerprint density at radius 3 is 2.67 bits per heavy atom. The summed E-state index contributed by atoms with van der Waals surface area (Å²) in [6.45, 7) is 2.64. The van der Waals surface area contributed by atoms with Crippen LogP contribution in [-0.2, 0) is 29.0 Å². The van der Waals surface area contributed by atoms with E-state index >= 15 is 0 Å². The minimum absolute atomic E-state index is 0.0460. The molecule has 1 aromatic heterocycles. The highest BCUT2D eigenvalue weighted by atomic mass is 32.2. The third-order valence-electron chi connectivity index (χ3n) is 3.98. The zero-order chi connectivity index (χ0) is 17.2. The minimum atomic E-state index is -3.83. The van der Waals surface area contributed by atoms with Gasteiger partial charge in [0.05, 0.1) is 25.4 Å². The first-order valence-electron chi connectivity index (χ1n) is 7.78. The van der Waals surface area contributed by atoms with Gasteiger partial charge in [0.25, 0.3) is 10.0 Å². The van der Waals surface area contributed by atoms with Crippen LogP contribution in [0.25, 0.3) is 0 Å². The minimum Gasteiger partial charge on any atom is -0.463 e. The average Bonchev–Trinajstić information content (AvgIpc) is 3.19. The SMILES string of the molecule is CCOC(=O)C1=CC2(CCC1S(=O)(=O)Nn1cccc1)OCCO2. The van der Waals surface area contributed by atoms with Gasteiger partial charge in [-0.05, 0) is 31.6 Å². The number of hydrogen-bond acceptors (Lipinski definition) is 6. The molecule has 1 spiro atoms. The molecule has 2 heterocycles. The van der Waals surface area contributed by atoms with Crippen LogP contribution in [0.5, 0.6) is 0 Å². The number of carbonyl (C=O) groups excluding carboxylic acids is 1. The van der Waals surface area contributed by atoms with Crippen molar-refractivity contribution in [1.29, 1.82) is 0 Å². The van der Waals surface area contributed by atoms with Gasteiger partial charge in [0.1, 0.15) is 5.25 Å². The van der Waals surface area contributed by atoms with Crippen molar-refractivity contribution in [3.8, 4) is 0 Å². The lowest BCUT2D eigenvalue weighted by molar-refractivity contribution is -0.143. The number of ether oxygens (including phenoxy) is 3. The molecule has 0 bridgehead atoms. The Bertz CT molecular complexity index is 719. The lowest BCUT2D eigenvalue weighted by Crippen LogP contribution is -2.43. The molecule has 9 heteroatoms. The summed E-state index contributed by atoms with van der Waals surface area (Å²) in [6.07, 6.45) is 5.15. The van der Waals surface area contributed by atoms with Gasteiger partial charge in [-0.3, -0.25) is 4.68 Å². The zero-order valence-electron chi connectivity index (χ0n) is 13.3. The van der Waals surface area contributed by atoms with Crippen LogP contribution in [0.15, 0.2) is 36.2 Å². The van der Waals surface area contributed by atoms with Crippen LogP contribution in [0.1, 0.15) is 19.8 Å². The summed E-state index contributed by atoms with van der Waals surface area (Å²) in [5.41, 5.74) is 0.0460. The monoisotopic (exact) mass is 356 g/mol. The highest BCUT2D eigenvalue weighted by Gasteiger charge is 2.46. The fraction of sp³-hybridized carbons (Fsp3) is 0.533. The van der Waals surface area contributed by atoms with Gasteiger partial charge in [-0.15, -0.1) is 0 Å². The standard InChI is InChI=1S/C15H20N2O6S/c1-2-21-14(18)12-11-15(22-9-10-23-15)6-5-13(12)24(19,20)16-17-7-3-4-8-17/h3-4,7-8,11,13,16H,2,5-6,9-10H2,1H3. The molecule has 1 saturated heterocycles. The van der Waals surface area contributed by atoms with Gasteiger partial charge in [-0.2, -0.15) is 0 Å². The molecule has 1 aliphatic carbocycles. The second kappa shape index (κ2) is 6.58. The van der Waals surface area contributed by atoms with E-state index in [0.29, 0.717) is 19.6 Å². The number of nitrogens with one attached hydrogen (secondary N) is 1. The Balaban J connectivity index is 1.92. The molecule has 0 amide bonds. The van der Waals surface area contributed by atoms with E-state index in [9.17, 15) is 13.2 Å². The molecule has 8 nitrogen and oxygen atoms in total. The molecule has 3 rings (SSSR count). The van der Waals surface area contributed by atoms with E-state index in [0.717, 1.165) is 0 Å². The molecule has 0 aromatic carbocycles. The first-order valence-corrected chi connectivity index (χ1v) is 9.33. The van der Waals surface area contributed by atoms with E-state index in [1.165, 1.54) is 10.8 Å². The molecule has 0 saturated carbocycles. The molecule has 1 unspecified atom stereocenters. The number of carbonyl (C=O) groups is 1. The number of aromatic nitrogens is 1. The third-order valence-corrected chi connectivity index (χ3v) is 5.68. The summed E-state index contributed by atoms with van der Waals surface area (Å²) in [4.78, 5) is 14.7. The smallest absolute Gasteiger partial charge is 0.335 e. The molecule has 2 aliphatic rings. The van der Waals surface area contributed by atoms with Crippen LogP contribution in [0.2, 0.25) is 0 Å². The van der Waals surface area contributed by atoms with E-state index in [1.54, 1.807) is 31.5 Å². The maximum atomic E-state index is 12.7. The second-order valence-corrected chi connectivity index (χ2v) is 7.42. The van der Waals surface area contributed by atoms with Crippen molar-refractivity contribution in [3.05, 3.63) is 36.2 Å². The van der Waals surface area contributed by atoms with Crippen LogP contribution >= 0.6 is 0 Å². The number of nitrogens with zero attached hydrogens (tertiary/aromatic N) is 1. The van der Waals surface area contributed by atoms with Crippen molar-refractivity contribution in [2.45, 2.75) is 30.8 Å². The predicted octanol–water partition coefficient (Wildman–Crippen LogP) is 0.756. The van der Waals surface area contributed by atoms with E-state index in [2.05, 4.69) is 4.83 Å². The van der Waals surface area contributed by atoms with Crippen molar-refractivity contribution < 1.29 is 27.4 Å². The summed E-state index contributed by atoms with van der Waals surface area (Å²) in [6, 6.07) is 3.39. The molecule has 1 fully saturated rings.